The van der Waals surface area contributed by atoms with Crippen LogP contribution in [0, 0.1) is 6.07 Å². The molecule has 0 aliphatic carbocycles. The summed E-state index contributed by atoms with van der Waals surface area (Å²) < 4.78 is 0. The minimum absolute atomic E-state index is 0. The molecule has 1 aromatic heterocycles. The van der Waals surface area contributed by atoms with Crippen LogP contribution in [0.5, 0.6) is 0 Å². The van der Waals surface area contributed by atoms with Crippen LogP contribution >= 0.6 is 0 Å². The Labute approximate surface area is 110 Å². The summed E-state index contributed by atoms with van der Waals surface area (Å²) in [5.41, 5.74) is 0. The van der Waals surface area contributed by atoms with E-state index >= 15 is 0 Å². The minimum atomic E-state index is 0. The molecule has 0 N–H and O–H groups in total. The Hall–Kier alpha value is 0.885. The largest absolute Gasteiger partial charge is 1.00 e. The molecular formula is C7H9N2Rb. The van der Waals surface area contributed by atoms with Gasteiger partial charge in [-0.15, -0.1) is 12.4 Å². The predicted octanol–water partition coefficient (Wildman–Crippen LogP) is -1.60. The number of hydrogen-bond donors (Lipinski definition) is 0. The second kappa shape index (κ2) is 5.52. The third-order valence-corrected chi connectivity index (χ3v) is 1.06. The third-order valence-electron chi connectivity index (χ3n) is 1.06. The van der Waals surface area contributed by atoms with Crippen molar-refractivity contribution in [2.75, 3.05) is 0 Å². The van der Waals surface area contributed by atoms with Gasteiger partial charge in [0, 0.05) is 5.92 Å². The average Bonchev–Trinajstić information content (AvgIpc) is 1.90. The predicted molar refractivity (Wildman–Crippen MR) is 35.0 cm³/mol. The van der Waals surface area contributed by atoms with E-state index in [-0.39, 0.29) is 58.2 Å². The fraction of sp³-hybridized carbons (Fsp3) is 0.429. The Bertz CT molecular complexity index is 174. The summed E-state index contributed by atoms with van der Waals surface area (Å²) in [7, 11) is 0. The summed E-state index contributed by atoms with van der Waals surface area (Å²) in [6, 6.07) is 2.77. The molecule has 0 aliphatic heterocycles. The van der Waals surface area contributed by atoms with E-state index in [0.717, 1.165) is 5.82 Å². The molecular weight excluding hydrogens is 198 g/mol. The zero-order valence-corrected chi connectivity index (χ0v) is 11.5. The summed E-state index contributed by atoms with van der Waals surface area (Å²) in [5.74, 6) is 1.30. The van der Waals surface area contributed by atoms with E-state index in [2.05, 4.69) is 29.9 Å². The topological polar surface area (TPSA) is 25.8 Å². The van der Waals surface area contributed by atoms with Gasteiger partial charge in [0.2, 0.25) is 0 Å². The molecule has 0 unspecified atom stereocenters. The fourth-order valence-electron chi connectivity index (χ4n) is 0.572. The molecule has 1 aromatic rings. The second-order valence-electron chi connectivity index (χ2n) is 2.20. The Morgan fingerprint density at radius 2 is 1.80 bits per heavy atom. The molecule has 0 spiro atoms. The van der Waals surface area contributed by atoms with Gasteiger partial charge >= 0.3 is 58.2 Å². The Morgan fingerprint density at radius 1 is 1.30 bits per heavy atom. The smallest absolute Gasteiger partial charge is 0.434 e. The molecule has 0 saturated carbocycles. The van der Waals surface area contributed by atoms with Crippen LogP contribution in [-0.4, -0.2) is 9.97 Å². The number of aromatic nitrogens is 2. The van der Waals surface area contributed by atoms with Crippen LogP contribution in [0.25, 0.3) is 0 Å². The summed E-state index contributed by atoms with van der Waals surface area (Å²) in [6.45, 7) is 4.13. The quantitative estimate of drug-likeness (QED) is 0.518. The van der Waals surface area contributed by atoms with Gasteiger partial charge in [-0.2, -0.15) is 0 Å². The van der Waals surface area contributed by atoms with Gasteiger partial charge in [0.15, 0.2) is 0 Å². The normalized spacial score (nSPS) is 9.10. The molecule has 0 radical (unpaired) electrons. The second-order valence-corrected chi connectivity index (χ2v) is 2.20. The number of hydrogen-bond acceptors (Lipinski definition) is 2. The van der Waals surface area contributed by atoms with Gasteiger partial charge in [0.25, 0.3) is 0 Å². The van der Waals surface area contributed by atoms with E-state index in [0.29, 0.717) is 5.92 Å². The standard InChI is InChI=1S/C7H9N2.Rb/c1-6(2)7-8-4-3-5-9-7;/h4-6H,1-2H3;/q-1;+1. The van der Waals surface area contributed by atoms with Crippen LogP contribution in [0.2, 0.25) is 0 Å². The Morgan fingerprint density at radius 3 is 2.10 bits per heavy atom. The zero-order valence-electron chi connectivity index (χ0n) is 6.63. The molecule has 1 rings (SSSR count). The van der Waals surface area contributed by atoms with Crippen molar-refractivity contribution >= 4 is 0 Å². The first-order chi connectivity index (χ1) is 4.30. The van der Waals surface area contributed by atoms with Gasteiger partial charge < -0.3 is 6.07 Å². The van der Waals surface area contributed by atoms with Crippen molar-refractivity contribution in [1.29, 1.82) is 0 Å². The van der Waals surface area contributed by atoms with Gasteiger partial charge in [-0.05, 0) is 0 Å². The molecule has 48 valence electrons. The van der Waals surface area contributed by atoms with Gasteiger partial charge in [-0.3, -0.25) is 9.97 Å². The Kier molecular flexibility index (Phi) is 6.01. The molecule has 0 bridgehead atoms. The molecule has 1 heterocycles. The molecule has 0 fully saturated rings. The molecule has 0 saturated heterocycles. The summed E-state index contributed by atoms with van der Waals surface area (Å²) in [6.07, 6.45) is 3.28. The average molecular weight is 207 g/mol. The van der Waals surface area contributed by atoms with Crippen LogP contribution in [0.15, 0.2) is 12.4 Å². The van der Waals surface area contributed by atoms with Crippen LogP contribution in [-0.2, 0) is 0 Å². The van der Waals surface area contributed by atoms with Crippen LogP contribution < -0.4 is 58.2 Å². The van der Waals surface area contributed by atoms with E-state index in [1.54, 1.807) is 12.4 Å². The van der Waals surface area contributed by atoms with Gasteiger partial charge in [0.1, 0.15) is 5.82 Å². The van der Waals surface area contributed by atoms with E-state index in [1.165, 1.54) is 0 Å². The molecule has 10 heavy (non-hydrogen) atoms. The first-order valence-corrected chi connectivity index (χ1v) is 2.98. The Balaban J connectivity index is 0.000000810. The molecule has 2 nitrogen and oxygen atoms in total. The zero-order chi connectivity index (χ0) is 6.69. The maximum absolute atomic E-state index is 4.01. The van der Waals surface area contributed by atoms with Crippen molar-refractivity contribution in [3.05, 3.63) is 24.3 Å². The van der Waals surface area contributed by atoms with E-state index in [1.807, 2.05) is 0 Å². The monoisotopic (exact) mass is 206 g/mol. The van der Waals surface area contributed by atoms with Crippen LogP contribution in [0.1, 0.15) is 25.6 Å². The van der Waals surface area contributed by atoms with Crippen molar-refractivity contribution in [2.45, 2.75) is 19.8 Å². The van der Waals surface area contributed by atoms with Crippen molar-refractivity contribution in [1.82, 2.24) is 9.97 Å². The summed E-state index contributed by atoms with van der Waals surface area (Å²) in [5, 5.41) is 0. The van der Waals surface area contributed by atoms with Crippen molar-refractivity contribution in [3.8, 4) is 0 Å². The third kappa shape index (κ3) is 3.33. The first-order valence-electron chi connectivity index (χ1n) is 2.98. The molecule has 0 aromatic carbocycles. The maximum Gasteiger partial charge on any atom is 1.00 e. The molecule has 0 aliphatic rings. The van der Waals surface area contributed by atoms with E-state index < -0.39 is 0 Å². The summed E-state index contributed by atoms with van der Waals surface area (Å²) >= 11 is 0. The van der Waals surface area contributed by atoms with Crippen LogP contribution in [0.4, 0.5) is 0 Å². The molecule has 3 heteroatoms. The molecule has 0 atom stereocenters. The van der Waals surface area contributed by atoms with E-state index in [4.69, 9.17) is 0 Å². The van der Waals surface area contributed by atoms with Crippen molar-refractivity contribution < 1.29 is 58.2 Å². The maximum atomic E-state index is 4.01. The minimum Gasteiger partial charge on any atom is -0.434 e. The number of rotatable bonds is 1. The van der Waals surface area contributed by atoms with Crippen molar-refractivity contribution in [2.24, 2.45) is 0 Å². The van der Waals surface area contributed by atoms with Crippen molar-refractivity contribution in [3.63, 3.8) is 0 Å². The van der Waals surface area contributed by atoms with Gasteiger partial charge in [-0.1, -0.05) is 13.8 Å². The van der Waals surface area contributed by atoms with Crippen LogP contribution in [0.3, 0.4) is 0 Å². The number of nitrogens with zero attached hydrogens (tertiary/aromatic N) is 2. The fourth-order valence-corrected chi connectivity index (χ4v) is 0.572. The van der Waals surface area contributed by atoms with E-state index in [9.17, 15) is 0 Å². The SMILES string of the molecule is CC(C)c1nc[c-]cn1.[Rb+]. The first kappa shape index (κ1) is 10.9. The summed E-state index contributed by atoms with van der Waals surface area (Å²) in [4.78, 5) is 8.02. The van der Waals surface area contributed by atoms with Gasteiger partial charge in [-0.25, -0.2) is 0 Å². The van der Waals surface area contributed by atoms with Gasteiger partial charge in [0.05, 0.1) is 0 Å². The molecule has 0 amide bonds.